The van der Waals surface area contributed by atoms with Gasteiger partial charge < -0.3 is 10.6 Å². The molecule has 1 aromatic carbocycles. The second-order valence-electron chi connectivity index (χ2n) is 7.23. The lowest BCUT2D eigenvalue weighted by molar-refractivity contribution is 0.0966. The topological polar surface area (TPSA) is 71.8 Å². The van der Waals surface area contributed by atoms with E-state index in [9.17, 15) is 4.79 Å². The number of pyridine rings is 1. The molecule has 0 radical (unpaired) electrons. The number of hydrogen-bond donors (Lipinski definition) is 2. The number of carbonyl (C=O) groups is 1. The van der Waals surface area contributed by atoms with E-state index in [2.05, 4.69) is 31.5 Å². The summed E-state index contributed by atoms with van der Waals surface area (Å²) in [6.45, 7) is 3.53. The number of nitrogens with one attached hydrogen (secondary N) is 2. The molecule has 5 rings (SSSR count). The minimum Gasteiger partial charge on any atom is -0.348 e. The maximum Gasteiger partial charge on any atom is 0.254 e. The van der Waals surface area contributed by atoms with Crippen LogP contribution in [0.25, 0.3) is 11.1 Å². The molecule has 0 atom stereocenters. The first kappa shape index (κ1) is 16.1. The van der Waals surface area contributed by atoms with Gasteiger partial charge in [0.25, 0.3) is 5.91 Å². The van der Waals surface area contributed by atoms with Crippen LogP contribution in [0.4, 0.5) is 11.5 Å². The van der Waals surface area contributed by atoms with Gasteiger partial charge in [-0.1, -0.05) is 12.1 Å². The number of nitrogens with zero attached hydrogens (tertiary/aromatic N) is 3. The Bertz CT molecular complexity index is 1040. The lowest BCUT2D eigenvalue weighted by Gasteiger charge is -2.17. The fourth-order valence-corrected chi connectivity index (χ4v) is 4.03. The molecule has 0 bridgehead atoms. The third-order valence-corrected chi connectivity index (χ3v) is 5.41. The van der Waals surface area contributed by atoms with Crippen LogP contribution in [0.15, 0.2) is 36.7 Å². The molecule has 6 nitrogen and oxygen atoms in total. The molecule has 3 aromatic rings. The van der Waals surface area contributed by atoms with E-state index in [1.54, 1.807) is 0 Å². The van der Waals surface area contributed by atoms with E-state index < -0.39 is 0 Å². The molecule has 136 valence electrons. The van der Waals surface area contributed by atoms with Gasteiger partial charge in [-0.3, -0.25) is 9.48 Å². The largest absolute Gasteiger partial charge is 0.348 e. The van der Waals surface area contributed by atoms with Crippen molar-refractivity contribution in [2.24, 2.45) is 0 Å². The van der Waals surface area contributed by atoms with Crippen molar-refractivity contribution >= 4 is 17.4 Å². The molecule has 2 aliphatic heterocycles. The third-order valence-electron chi connectivity index (χ3n) is 5.41. The first-order valence-electron chi connectivity index (χ1n) is 9.39. The Morgan fingerprint density at radius 1 is 1.11 bits per heavy atom. The molecule has 27 heavy (non-hydrogen) atoms. The first-order valence-corrected chi connectivity index (χ1v) is 9.39. The van der Waals surface area contributed by atoms with Gasteiger partial charge in [0.15, 0.2) is 0 Å². The van der Waals surface area contributed by atoms with Crippen LogP contribution in [0, 0.1) is 6.92 Å². The molecule has 0 saturated carbocycles. The number of amides is 1. The number of fused-ring (bicyclic) bond motifs is 2. The molecule has 0 saturated heterocycles. The molecule has 1 amide bonds. The van der Waals surface area contributed by atoms with Crippen LogP contribution in [0.5, 0.6) is 0 Å². The molecule has 6 heteroatoms. The normalized spacial score (nSPS) is 15.2. The molecule has 0 unspecified atom stereocenters. The number of anilines is 2. The van der Waals surface area contributed by atoms with Gasteiger partial charge in [0, 0.05) is 30.5 Å². The Morgan fingerprint density at radius 2 is 2.04 bits per heavy atom. The highest BCUT2D eigenvalue weighted by molar-refractivity contribution is 6.06. The summed E-state index contributed by atoms with van der Waals surface area (Å²) >= 11 is 0. The van der Waals surface area contributed by atoms with Crippen molar-refractivity contribution in [1.29, 1.82) is 0 Å². The van der Waals surface area contributed by atoms with E-state index in [4.69, 9.17) is 0 Å². The van der Waals surface area contributed by atoms with Crippen molar-refractivity contribution in [3.05, 3.63) is 59.0 Å². The van der Waals surface area contributed by atoms with Gasteiger partial charge in [0.05, 0.1) is 17.4 Å². The predicted octanol–water partition coefficient (Wildman–Crippen LogP) is 3.58. The van der Waals surface area contributed by atoms with Crippen molar-refractivity contribution < 1.29 is 4.79 Å². The van der Waals surface area contributed by atoms with E-state index in [1.807, 2.05) is 37.5 Å². The zero-order valence-corrected chi connectivity index (χ0v) is 15.2. The lowest BCUT2D eigenvalue weighted by Crippen LogP contribution is -2.13. The number of carbonyl (C=O) groups excluding carboxylic acids is 1. The predicted molar refractivity (Wildman–Crippen MR) is 104 cm³/mol. The summed E-state index contributed by atoms with van der Waals surface area (Å²) in [5, 5.41) is 10.8. The van der Waals surface area contributed by atoms with Crippen molar-refractivity contribution in [1.82, 2.24) is 20.1 Å². The Balaban J connectivity index is 1.59. The molecule has 2 N–H and O–H groups in total. The number of rotatable bonds is 3. The van der Waals surface area contributed by atoms with E-state index >= 15 is 0 Å². The molecule has 4 heterocycles. The van der Waals surface area contributed by atoms with Crippen LogP contribution >= 0.6 is 0 Å². The van der Waals surface area contributed by atoms with Crippen molar-refractivity contribution in [2.45, 2.75) is 39.3 Å². The minimum atomic E-state index is -0.0394. The standard InChI is InChI=1S/C21H21N5O/c1-13-5-8-19(22-10-13)25-17-7-6-14(16-11-23-21(27)20(16)17)15-12-24-26-9-3-2-4-18(15)26/h5-8,10,12H,2-4,9,11H2,1H3,(H,22,25)(H,23,27). The van der Waals surface area contributed by atoms with Crippen LogP contribution in [-0.2, 0) is 19.5 Å². The number of aryl methyl sites for hydroxylation is 2. The van der Waals surface area contributed by atoms with Crippen LogP contribution in [0.3, 0.4) is 0 Å². The summed E-state index contributed by atoms with van der Waals surface area (Å²) in [6.07, 6.45) is 7.18. The number of hydrogen-bond acceptors (Lipinski definition) is 4. The number of benzene rings is 1. The van der Waals surface area contributed by atoms with Crippen molar-refractivity contribution in [2.75, 3.05) is 5.32 Å². The summed E-state index contributed by atoms with van der Waals surface area (Å²) in [5.74, 6) is 0.695. The van der Waals surface area contributed by atoms with Crippen LogP contribution in [0.2, 0.25) is 0 Å². The molecule has 2 aromatic heterocycles. The van der Waals surface area contributed by atoms with E-state index in [1.165, 1.54) is 18.5 Å². The summed E-state index contributed by atoms with van der Waals surface area (Å²) in [7, 11) is 0. The van der Waals surface area contributed by atoms with Gasteiger partial charge in [0.1, 0.15) is 5.82 Å². The Morgan fingerprint density at radius 3 is 2.89 bits per heavy atom. The summed E-state index contributed by atoms with van der Waals surface area (Å²) < 4.78 is 2.11. The molecule has 2 aliphatic rings. The fourth-order valence-electron chi connectivity index (χ4n) is 4.03. The van der Waals surface area contributed by atoms with Gasteiger partial charge in [-0.25, -0.2) is 4.98 Å². The van der Waals surface area contributed by atoms with Crippen LogP contribution in [0.1, 0.15) is 40.0 Å². The average molecular weight is 359 g/mol. The summed E-state index contributed by atoms with van der Waals surface area (Å²) in [5.41, 5.74) is 7.19. The summed E-state index contributed by atoms with van der Waals surface area (Å²) in [6, 6.07) is 8.01. The van der Waals surface area contributed by atoms with Crippen LogP contribution in [-0.4, -0.2) is 20.7 Å². The fraction of sp³-hybridized carbons (Fsp3) is 0.286. The summed E-state index contributed by atoms with van der Waals surface area (Å²) in [4.78, 5) is 16.9. The Kier molecular flexibility index (Phi) is 3.70. The zero-order valence-electron chi connectivity index (χ0n) is 15.2. The number of aromatic nitrogens is 3. The maximum atomic E-state index is 12.5. The smallest absolute Gasteiger partial charge is 0.254 e. The minimum absolute atomic E-state index is 0.0394. The van der Waals surface area contributed by atoms with Crippen molar-refractivity contribution in [3.8, 4) is 11.1 Å². The first-order chi connectivity index (χ1) is 13.2. The molecule has 0 aliphatic carbocycles. The van der Waals surface area contributed by atoms with E-state index in [0.29, 0.717) is 12.1 Å². The molecule has 0 fully saturated rings. The quantitative estimate of drug-likeness (QED) is 0.750. The molecule has 0 spiro atoms. The van der Waals surface area contributed by atoms with Gasteiger partial charge in [-0.05, 0) is 55.0 Å². The van der Waals surface area contributed by atoms with Gasteiger partial charge >= 0.3 is 0 Å². The second-order valence-corrected chi connectivity index (χ2v) is 7.23. The van der Waals surface area contributed by atoms with E-state index in [0.717, 1.165) is 46.7 Å². The third kappa shape index (κ3) is 2.68. The average Bonchev–Trinajstić information content (AvgIpc) is 3.29. The van der Waals surface area contributed by atoms with Gasteiger partial charge in [0.2, 0.25) is 0 Å². The Hall–Kier alpha value is -3.15. The highest BCUT2D eigenvalue weighted by Gasteiger charge is 2.28. The SMILES string of the molecule is Cc1ccc(Nc2ccc(-c3cnn4c3CCCC4)c3c2C(=O)NC3)nc1. The lowest BCUT2D eigenvalue weighted by atomic mass is 9.94. The molecular weight excluding hydrogens is 338 g/mol. The molecular formula is C21H21N5O. The monoisotopic (exact) mass is 359 g/mol. The highest BCUT2D eigenvalue weighted by Crippen LogP contribution is 2.37. The zero-order chi connectivity index (χ0) is 18.4. The van der Waals surface area contributed by atoms with E-state index in [-0.39, 0.29) is 5.91 Å². The Labute approximate surface area is 157 Å². The van der Waals surface area contributed by atoms with Gasteiger partial charge in [-0.15, -0.1) is 0 Å². The second kappa shape index (κ2) is 6.23. The highest BCUT2D eigenvalue weighted by atomic mass is 16.1. The van der Waals surface area contributed by atoms with Crippen molar-refractivity contribution in [3.63, 3.8) is 0 Å². The van der Waals surface area contributed by atoms with Gasteiger partial charge in [-0.2, -0.15) is 5.10 Å². The maximum absolute atomic E-state index is 12.5. The van der Waals surface area contributed by atoms with Crippen LogP contribution < -0.4 is 10.6 Å².